The first-order valence-corrected chi connectivity index (χ1v) is 6.82. The Labute approximate surface area is 111 Å². The summed E-state index contributed by atoms with van der Waals surface area (Å²) in [6, 6.07) is 0.627. The van der Waals surface area contributed by atoms with Crippen molar-refractivity contribution in [2.45, 2.75) is 44.7 Å². The largest absolute Gasteiger partial charge is 0.378 e. The van der Waals surface area contributed by atoms with Crippen molar-refractivity contribution in [1.29, 1.82) is 0 Å². The van der Waals surface area contributed by atoms with Crippen LogP contribution in [0.2, 0.25) is 0 Å². The Morgan fingerprint density at radius 2 is 2.11 bits per heavy atom. The van der Waals surface area contributed by atoms with Crippen molar-refractivity contribution in [1.82, 2.24) is 14.7 Å². The zero-order chi connectivity index (χ0) is 13.6. The number of rotatable bonds is 2. The number of nitrogen functional groups attached to an aromatic ring is 1. The Morgan fingerprint density at radius 3 is 2.79 bits per heavy atom. The van der Waals surface area contributed by atoms with Crippen LogP contribution in [0.1, 0.15) is 37.4 Å². The lowest BCUT2D eigenvalue weighted by atomic mass is 9.99. The predicted molar refractivity (Wildman–Crippen MR) is 70.9 cm³/mol. The second-order valence-electron chi connectivity index (χ2n) is 5.48. The number of fused-ring (bicyclic) bond motifs is 1. The molecule has 1 aromatic rings. The lowest BCUT2D eigenvalue weighted by Crippen LogP contribution is -2.38. The fourth-order valence-corrected chi connectivity index (χ4v) is 3.54. The highest BCUT2D eigenvalue weighted by molar-refractivity contribution is 5.56. The van der Waals surface area contributed by atoms with E-state index >= 15 is 0 Å². The van der Waals surface area contributed by atoms with Crippen LogP contribution < -0.4 is 5.73 Å². The molecule has 104 valence electrons. The van der Waals surface area contributed by atoms with Gasteiger partial charge in [0.2, 0.25) is 5.82 Å². The summed E-state index contributed by atoms with van der Waals surface area (Å²) in [7, 11) is 0. The third-order valence-corrected chi connectivity index (χ3v) is 4.41. The van der Waals surface area contributed by atoms with Crippen molar-refractivity contribution >= 4 is 11.5 Å². The Balaban J connectivity index is 1.94. The lowest BCUT2D eigenvalue weighted by molar-refractivity contribution is -0.384. The minimum atomic E-state index is -0.429. The number of nitro groups is 1. The van der Waals surface area contributed by atoms with Gasteiger partial charge in [0.25, 0.3) is 0 Å². The molecule has 3 rings (SSSR count). The predicted octanol–water partition coefficient (Wildman–Crippen LogP) is 1.48. The van der Waals surface area contributed by atoms with E-state index in [9.17, 15) is 10.1 Å². The summed E-state index contributed by atoms with van der Waals surface area (Å²) in [6.07, 6.45) is 4.58. The number of anilines is 1. The first-order valence-electron chi connectivity index (χ1n) is 6.82. The topological polar surface area (TPSA) is 90.2 Å². The molecule has 2 saturated heterocycles. The molecule has 7 heteroatoms. The normalized spacial score (nSPS) is 27.4. The molecular weight excluding hydrogens is 246 g/mol. The van der Waals surface area contributed by atoms with E-state index in [1.807, 2.05) is 0 Å². The molecule has 2 aliphatic rings. The first kappa shape index (κ1) is 12.4. The summed E-state index contributed by atoms with van der Waals surface area (Å²) in [5.74, 6) is 0.208. The smallest absolute Gasteiger partial charge is 0.333 e. The van der Waals surface area contributed by atoms with E-state index in [2.05, 4.69) is 10.00 Å². The van der Waals surface area contributed by atoms with Gasteiger partial charge in [-0.25, -0.2) is 4.68 Å². The van der Waals surface area contributed by atoms with Gasteiger partial charge in [0.15, 0.2) is 0 Å². The van der Waals surface area contributed by atoms with E-state index in [4.69, 9.17) is 5.73 Å². The molecule has 0 bridgehead atoms. The summed E-state index contributed by atoms with van der Waals surface area (Å²) in [6.45, 7) is 3.82. The van der Waals surface area contributed by atoms with Crippen LogP contribution in [0.5, 0.6) is 0 Å². The molecule has 0 saturated carbocycles. The summed E-state index contributed by atoms with van der Waals surface area (Å²) in [5, 5.41) is 15.3. The Kier molecular flexibility index (Phi) is 2.93. The van der Waals surface area contributed by atoms with Gasteiger partial charge in [0.1, 0.15) is 5.69 Å². The third kappa shape index (κ3) is 1.88. The average Bonchev–Trinajstić information content (AvgIpc) is 2.90. The van der Waals surface area contributed by atoms with Crippen LogP contribution in [0.4, 0.5) is 11.5 Å². The van der Waals surface area contributed by atoms with E-state index < -0.39 is 4.92 Å². The van der Waals surface area contributed by atoms with Crippen molar-refractivity contribution in [3.05, 3.63) is 15.8 Å². The molecule has 0 amide bonds. The summed E-state index contributed by atoms with van der Waals surface area (Å²) >= 11 is 0. The molecule has 2 unspecified atom stereocenters. The molecule has 2 fully saturated rings. The minimum absolute atomic E-state index is 0.0331. The van der Waals surface area contributed by atoms with Crippen LogP contribution in [0, 0.1) is 17.0 Å². The van der Waals surface area contributed by atoms with E-state index in [1.165, 1.54) is 12.8 Å². The molecule has 0 spiro atoms. The van der Waals surface area contributed by atoms with Crippen molar-refractivity contribution < 1.29 is 4.92 Å². The van der Waals surface area contributed by atoms with Gasteiger partial charge >= 0.3 is 5.69 Å². The van der Waals surface area contributed by atoms with Crippen LogP contribution >= 0.6 is 0 Å². The molecule has 7 nitrogen and oxygen atoms in total. The van der Waals surface area contributed by atoms with Crippen molar-refractivity contribution in [2.24, 2.45) is 0 Å². The SMILES string of the molecule is Cc1nn(C2CCN3CCCCC23)c(N)c1[N+](=O)[O-]. The summed E-state index contributed by atoms with van der Waals surface area (Å²) < 4.78 is 1.70. The molecule has 2 N–H and O–H groups in total. The second-order valence-corrected chi connectivity index (χ2v) is 5.48. The van der Waals surface area contributed by atoms with E-state index in [1.54, 1.807) is 11.6 Å². The van der Waals surface area contributed by atoms with E-state index in [0.29, 0.717) is 11.7 Å². The molecule has 0 radical (unpaired) electrons. The van der Waals surface area contributed by atoms with Crippen LogP contribution in [0.15, 0.2) is 0 Å². The van der Waals surface area contributed by atoms with E-state index in [0.717, 1.165) is 25.9 Å². The van der Waals surface area contributed by atoms with Crippen LogP contribution in [-0.4, -0.2) is 38.7 Å². The molecule has 1 aromatic heterocycles. The maximum atomic E-state index is 11.0. The fourth-order valence-electron chi connectivity index (χ4n) is 3.54. The monoisotopic (exact) mass is 265 g/mol. The Hall–Kier alpha value is -1.63. The second kappa shape index (κ2) is 4.48. The van der Waals surface area contributed by atoms with Gasteiger partial charge in [-0.2, -0.15) is 5.10 Å². The summed E-state index contributed by atoms with van der Waals surface area (Å²) in [5.41, 5.74) is 6.33. The minimum Gasteiger partial charge on any atom is -0.378 e. The van der Waals surface area contributed by atoms with Crippen LogP contribution in [-0.2, 0) is 0 Å². The van der Waals surface area contributed by atoms with Gasteiger partial charge in [0.05, 0.1) is 11.0 Å². The zero-order valence-corrected chi connectivity index (χ0v) is 11.1. The van der Waals surface area contributed by atoms with Gasteiger partial charge in [-0.15, -0.1) is 0 Å². The quantitative estimate of drug-likeness (QED) is 0.646. The van der Waals surface area contributed by atoms with Gasteiger partial charge < -0.3 is 5.73 Å². The molecule has 0 aromatic carbocycles. The number of hydrogen-bond acceptors (Lipinski definition) is 5. The number of aromatic nitrogens is 2. The van der Waals surface area contributed by atoms with Crippen LogP contribution in [0.3, 0.4) is 0 Å². The molecule has 19 heavy (non-hydrogen) atoms. The Morgan fingerprint density at radius 1 is 1.32 bits per heavy atom. The maximum absolute atomic E-state index is 11.0. The third-order valence-electron chi connectivity index (χ3n) is 4.41. The average molecular weight is 265 g/mol. The summed E-state index contributed by atoms with van der Waals surface area (Å²) in [4.78, 5) is 13.1. The first-order chi connectivity index (χ1) is 9.09. The highest BCUT2D eigenvalue weighted by Crippen LogP contribution is 2.38. The van der Waals surface area contributed by atoms with Crippen molar-refractivity contribution in [3.63, 3.8) is 0 Å². The van der Waals surface area contributed by atoms with Crippen molar-refractivity contribution in [3.8, 4) is 0 Å². The zero-order valence-electron chi connectivity index (χ0n) is 11.1. The molecular formula is C12H19N5O2. The van der Waals surface area contributed by atoms with E-state index in [-0.39, 0.29) is 17.5 Å². The fraction of sp³-hybridized carbons (Fsp3) is 0.750. The molecule has 2 aliphatic heterocycles. The van der Waals surface area contributed by atoms with Crippen LogP contribution in [0.25, 0.3) is 0 Å². The van der Waals surface area contributed by atoms with Gasteiger partial charge in [-0.3, -0.25) is 15.0 Å². The number of nitrogens with zero attached hydrogens (tertiary/aromatic N) is 4. The maximum Gasteiger partial charge on any atom is 0.333 e. The highest BCUT2D eigenvalue weighted by Gasteiger charge is 2.39. The molecule has 2 atom stereocenters. The molecule has 3 heterocycles. The Bertz CT molecular complexity index is 512. The van der Waals surface area contributed by atoms with Gasteiger partial charge in [-0.05, 0) is 32.7 Å². The standard InChI is InChI=1S/C12H19N5O2/c1-8-11(17(18)19)12(13)16(14-8)10-5-7-15-6-3-2-4-9(10)15/h9-10H,2-7,13H2,1H3. The van der Waals surface area contributed by atoms with Crippen molar-refractivity contribution in [2.75, 3.05) is 18.8 Å². The number of hydrogen-bond donors (Lipinski definition) is 1. The number of nitrogens with two attached hydrogens (primary N) is 1. The number of piperidine rings is 1. The highest BCUT2D eigenvalue weighted by atomic mass is 16.6. The van der Waals surface area contributed by atoms with Gasteiger partial charge in [-0.1, -0.05) is 6.42 Å². The van der Waals surface area contributed by atoms with Gasteiger partial charge in [0, 0.05) is 12.6 Å². The lowest BCUT2D eigenvalue weighted by Gasteiger charge is -2.32. The molecule has 0 aliphatic carbocycles. The number of aryl methyl sites for hydroxylation is 1.